The van der Waals surface area contributed by atoms with E-state index in [0.29, 0.717) is 54.4 Å². The highest BCUT2D eigenvalue weighted by Gasteiger charge is 2.28. The molecule has 4 rings (SSSR count). The van der Waals surface area contributed by atoms with E-state index in [0.717, 1.165) is 16.0 Å². The molecule has 0 unspecified atom stereocenters. The van der Waals surface area contributed by atoms with Crippen molar-refractivity contribution in [1.29, 1.82) is 0 Å². The van der Waals surface area contributed by atoms with Gasteiger partial charge in [0.25, 0.3) is 0 Å². The highest BCUT2D eigenvalue weighted by atomic mass is 32.1. The fourth-order valence-electron chi connectivity index (χ4n) is 4.37. The van der Waals surface area contributed by atoms with Crippen LogP contribution in [0.3, 0.4) is 0 Å². The summed E-state index contributed by atoms with van der Waals surface area (Å²) in [4.78, 5) is 40.3. The van der Waals surface area contributed by atoms with Crippen molar-refractivity contribution in [3.05, 3.63) is 39.8 Å². The molecule has 0 aliphatic carbocycles. The minimum Gasteiger partial charge on any atom is -0.469 e. The summed E-state index contributed by atoms with van der Waals surface area (Å²) in [6.45, 7) is 5.54. The van der Waals surface area contributed by atoms with Gasteiger partial charge in [-0.1, -0.05) is 6.07 Å². The highest BCUT2D eigenvalue weighted by molar-refractivity contribution is 7.17. The van der Waals surface area contributed by atoms with Crippen LogP contribution in [0.25, 0.3) is 0 Å². The molecule has 0 saturated carbocycles. The van der Waals surface area contributed by atoms with Gasteiger partial charge in [0.2, 0.25) is 12.7 Å². The minimum atomic E-state index is -0.452. The van der Waals surface area contributed by atoms with Gasteiger partial charge < -0.3 is 24.3 Å². The van der Waals surface area contributed by atoms with Crippen molar-refractivity contribution < 1.29 is 33.3 Å². The molecule has 1 saturated heterocycles. The fraction of sp³-hybridized carbons (Fsp3) is 0.480. The van der Waals surface area contributed by atoms with Crippen molar-refractivity contribution in [3.8, 4) is 11.5 Å². The predicted molar refractivity (Wildman–Crippen MR) is 130 cm³/mol. The Kier molecular flexibility index (Phi) is 7.92. The normalized spacial score (nSPS) is 15.6. The van der Waals surface area contributed by atoms with Crippen molar-refractivity contribution in [2.75, 3.05) is 45.5 Å². The first kappa shape index (κ1) is 25.0. The number of esters is 2. The third-order valence-corrected chi connectivity index (χ3v) is 7.48. The molecule has 35 heavy (non-hydrogen) atoms. The number of carbonyl (C=O) groups is 3. The molecule has 3 heterocycles. The van der Waals surface area contributed by atoms with Gasteiger partial charge in [-0.3, -0.25) is 14.5 Å². The number of hydrogen-bond acceptors (Lipinski definition) is 9. The number of likely N-dealkylation sites (tertiary alicyclic amines) is 1. The van der Waals surface area contributed by atoms with Crippen LogP contribution >= 0.6 is 11.3 Å². The van der Waals surface area contributed by atoms with Crippen molar-refractivity contribution >= 4 is 34.2 Å². The molecule has 0 bridgehead atoms. The second-order valence-corrected chi connectivity index (χ2v) is 9.67. The van der Waals surface area contributed by atoms with Gasteiger partial charge in [0.1, 0.15) is 5.00 Å². The van der Waals surface area contributed by atoms with Gasteiger partial charge in [0.05, 0.1) is 31.7 Å². The van der Waals surface area contributed by atoms with Crippen molar-refractivity contribution in [3.63, 3.8) is 0 Å². The number of hydrogen-bond donors (Lipinski definition) is 1. The van der Waals surface area contributed by atoms with Gasteiger partial charge in [-0.2, -0.15) is 0 Å². The van der Waals surface area contributed by atoms with E-state index in [1.54, 1.807) is 6.92 Å². The summed E-state index contributed by atoms with van der Waals surface area (Å²) in [7, 11) is 1.40. The van der Waals surface area contributed by atoms with E-state index in [-0.39, 0.29) is 37.7 Å². The highest BCUT2D eigenvalue weighted by Crippen LogP contribution is 2.37. The second-order valence-electron chi connectivity index (χ2n) is 8.56. The molecule has 2 aromatic rings. The van der Waals surface area contributed by atoms with E-state index in [1.807, 2.05) is 30.0 Å². The van der Waals surface area contributed by atoms with Gasteiger partial charge in [0, 0.05) is 11.3 Å². The van der Waals surface area contributed by atoms with E-state index in [9.17, 15) is 14.4 Å². The Labute approximate surface area is 208 Å². The molecule has 0 spiro atoms. The van der Waals surface area contributed by atoms with Gasteiger partial charge in [0.15, 0.2) is 11.5 Å². The van der Waals surface area contributed by atoms with Crippen LogP contribution in [0.15, 0.2) is 18.2 Å². The standard InChI is InChI=1S/C25H30N2O7S/c1-4-32-25(30)22-15(2)20(12-16-5-6-18-19(11-16)34-14-33-18)35-23(22)26-21(28)13-27-9-7-17(8-10-27)24(29)31-3/h5-6,11,17H,4,7-10,12-14H2,1-3H3,(H,26,28). The molecule has 10 heteroatoms. The number of thiophene rings is 1. The molecule has 1 N–H and O–H groups in total. The van der Waals surface area contributed by atoms with Crippen LogP contribution in [0.1, 0.15) is 46.1 Å². The van der Waals surface area contributed by atoms with Gasteiger partial charge in [-0.15, -0.1) is 11.3 Å². The lowest BCUT2D eigenvalue weighted by molar-refractivity contribution is -0.147. The summed E-state index contributed by atoms with van der Waals surface area (Å²) in [5, 5.41) is 3.42. The number of rotatable bonds is 8. The molecule has 2 aliphatic heterocycles. The number of ether oxygens (including phenoxy) is 4. The number of nitrogens with zero attached hydrogens (tertiary/aromatic N) is 1. The fourth-order valence-corrected chi connectivity index (χ4v) is 5.61. The average Bonchev–Trinajstić information content (AvgIpc) is 3.43. The van der Waals surface area contributed by atoms with Crippen LogP contribution in [-0.4, -0.2) is 62.9 Å². The molecule has 0 atom stereocenters. The summed E-state index contributed by atoms with van der Waals surface area (Å²) >= 11 is 1.38. The quantitative estimate of drug-likeness (QED) is 0.548. The van der Waals surface area contributed by atoms with Crippen LogP contribution in [0, 0.1) is 12.8 Å². The summed E-state index contributed by atoms with van der Waals surface area (Å²) in [5.74, 6) is 0.445. The van der Waals surface area contributed by atoms with Crippen molar-refractivity contribution in [2.24, 2.45) is 5.92 Å². The summed E-state index contributed by atoms with van der Waals surface area (Å²) in [6, 6.07) is 5.77. The largest absolute Gasteiger partial charge is 0.469 e. The number of anilines is 1. The molecule has 0 radical (unpaired) electrons. The van der Waals surface area contributed by atoms with Gasteiger partial charge >= 0.3 is 11.9 Å². The molecule has 1 aromatic carbocycles. The Morgan fingerprint density at radius 2 is 1.91 bits per heavy atom. The third-order valence-electron chi connectivity index (χ3n) is 6.27. The Morgan fingerprint density at radius 3 is 2.63 bits per heavy atom. The lowest BCUT2D eigenvalue weighted by Crippen LogP contribution is -2.41. The number of methoxy groups -OCH3 is 1. The maximum Gasteiger partial charge on any atom is 0.341 e. The smallest absolute Gasteiger partial charge is 0.341 e. The molecular weight excluding hydrogens is 472 g/mol. The van der Waals surface area contributed by atoms with Crippen LogP contribution in [-0.2, 0) is 25.5 Å². The number of piperidine rings is 1. The number of nitrogens with one attached hydrogen (secondary N) is 1. The average molecular weight is 503 g/mol. The Morgan fingerprint density at radius 1 is 1.17 bits per heavy atom. The van der Waals surface area contributed by atoms with E-state index in [2.05, 4.69) is 5.32 Å². The number of amides is 1. The molecule has 2 aliphatic rings. The van der Waals surface area contributed by atoms with Crippen LogP contribution in [0.2, 0.25) is 0 Å². The van der Waals surface area contributed by atoms with Crippen LogP contribution < -0.4 is 14.8 Å². The molecule has 1 aromatic heterocycles. The lowest BCUT2D eigenvalue weighted by atomic mass is 9.97. The maximum absolute atomic E-state index is 12.9. The SMILES string of the molecule is CCOC(=O)c1c(NC(=O)CN2CCC(C(=O)OC)CC2)sc(Cc2ccc3c(c2)OCO3)c1C. The monoisotopic (exact) mass is 502 g/mol. The van der Waals surface area contributed by atoms with Crippen LogP contribution in [0.4, 0.5) is 5.00 Å². The zero-order valence-electron chi connectivity index (χ0n) is 20.2. The van der Waals surface area contributed by atoms with Crippen molar-refractivity contribution in [1.82, 2.24) is 4.90 Å². The van der Waals surface area contributed by atoms with Gasteiger partial charge in [-0.25, -0.2) is 4.79 Å². The summed E-state index contributed by atoms with van der Waals surface area (Å²) in [6.07, 6.45) is 1.90. The number of carbonyl (C=O) groups excluding carboxylic acids is 3. The van der Waals surface area contributed by atoms with Crippen LogP contribution in [0.5, 0.6) is 11.5 Å². The van der Waals surface area contributed by atoms with E-state index < -0.39 is 5.97 Å². The molecule has 1 amide bonds. The molecule has 1 fully saturated rings. The zero-order chi connectivity index (χ0) is 24.9. The topological polar surface area (TPSA) is 103 Å². The number of fused-ring (bicyclic) bond motifs is 1. The van der Waals surface area contributed by atoms with Crippen molar-refractivity contribution in [2.45, 2.75) is 33.1 Å². The number of benzene rings is 1. The van der Waals surface area contributed by atoms with Gasteiger partial charge in [-0.05, 0) is 63.0 Å². The Balaban J connectivity index is 1.46. The first-order chi connectivity index (χ1) is 16.9. The lowest BCUT2D eigenvalue weighted by Gasteiger charge is -2.29. The molecular formula is C25H30N2O7S. The third kappa shape index (κ3) is 5.76. The summed E-state index contributed by atoms with van der Waals surface area (Å²) in [5.41, 5.74) is 2.20. The first-order valence-corrected chi connectivity index (χ1v) is 12.5. The van der Waals surface area contributed by atoms with E-state index in [4.69, 9.17) is 18.9 Å². The van der Waals surface area contributed by atoms with E-state index in [1.165, 1.54) is 18.4 Å². The minimum absolute atomic E-state index is 0.117. The zero-order valence-corrected chi connectivity index (χ0v) is 21.0. The Bertz CT molecular complexity index is 1110. The molecule has 188 valence electrons. The Hall–Kier alpha value is -3.11. The molecule has 9 nitrogen and oxygen atoms in total. The predicted octanol–water partition coefficient (Wildman–Crippen LogP) is 3.38. The maximum atomic E-state index is 12.9. The first-order valence-electron chi connectivity index (χ1n) is 11.7. The van der Waals surface area contributed by atoms with E-state index >= 15 is 0 Å². The summed E-state index contributed by atoms with van der Waals surface area (Å²) < 4.78 is 21.0. The second kappa shape index (κ2) is 11.1.